The van der Waals surface area contributed by atoms with Gasteiger partial charge in [-0.2, -0.15) is 0 Å². The average molecular weight is 525 g/mol. The minimum Gasteiger partial charge on any atom is -0.489 e. The number of amides is 1. The number of ether oxygens (including phenoxy) is 2. The zero-order chi connectivity index (χ0) is 27.2. The van der Waals surface area contributed by atoms with E-state index in [1.807, 2.05) is 41.3 Å². The maximum atomic E-state index is 13.7. The van der Waals surface area contributed by atoms with Crippen LogP contribution in [0.5, 0.6) is 5.75 Å². The zero-order valence-corrected chi connectivity index (χ0v) is 22.7. The van der Waals surface area contributed by atoms with Gasteiger partial charge in [-0.15, -0.1) is 0 Å². The average Bonchev–Trinajstić information content (AvgIpc) is 3.48. The van der Waals surface area contributed by atoms with Crippen molar-refractivity contribution >= 4 is 22.9 Å². The highest BCUT2D eigenvalue weighted by Gasteiger charge is 2.31. The number of carbonyl (C=O) groups excluding carboxylic acids is 1. The Balaban J connectivity index is 1.39. The fraction of sp³-hybridized carbons (Fsp3) is 0.344. The number of carbonyl (C=O) groups is 1. The highest BCUT2D eigenvalue weighted by molar-refractivity contribution is 6.58. The lowest BCUT2D eigenvalue weighted by molar-refractivity contribution is -0.125. The molecular weight excluding hydrogens is 488 g/mol. The van der Waals surface area contributed by atoms with Gasteiger partial charge in [0.25, 0.3) is 5.91 Å². The van der Waals surface area contributed by atoms with Gasteiger partial charge < -0.3 is 20.1 Å². The maximum absolute atomic E-state index is 13.7. The molecule has 1 unspecified atom stereocenters. The van der Waals surface area contributed by atoms with E-state index in [2.05, 4.69) is 48.1 Å². The van der Waals surface area contributed by atoms with Crippen molar-refractivity contribution in [2.45, 2.75) is 45.3 Å². The molecule has 1 fully saturated rings. The summed E-state index contributed by atoms with van der Waals surface area (Å²) in [5.41, 5.74) is 12.2. The van der Waals surface area contributed by atoms with Crippen molar-refractivity contribution in [3.8, 4) is 5.75 Å². The molecule has 3 aromatic rings. The molecule has 202 valence electrons. The minimum absolute atomic E-state index is 0.0799. The molecule has 0 radical (unpaired) electrons. The van der Waals surface area contributed by atoms with Crippen molar-refractivity contribution < 1.29 is 14.3 Å². The molecule has 39 heavy (non-hydrogen) atoms. The van der Waals surface area contributed by atoms with E-state index in [4.69, 9.17) is 15.2 Å². The molecule has 2 aliphatic rings. The first-order valence-corrected chi connectivity index (χ1v) is 13.7. The summed E-state index contributed by atoms with van der Waals surface area (Å²) in [6, 6.07) is 19.9. The lowest BCUT2D eigenvalue weighted by atomic mass is 9.94. The van der Waals surface area contributed by atoms with Crippen LogP contribution in [0, 0.1) is 0 Å². The summed E-state index contributed by atoms with van der Waals surface area (Å²) in [6.45, 7) is 7.28. The van der Waals surface area contributed by atoms with Crippen molar-refractivity contribution in [2.24, 2.45) is 10.7 Å². The molecule has 0 saturated carbocycles. The Morgan fingerprint density at radius 3 is 2.46 bits per heavy atom. The molecule has 5 rings (SSSR count). The number of aromatic nitrogens is 1. The zero-order valence-electron chi connectivity index (χ0n) is 22.7. The Hall–Kier alpha value is -3.97. The molecule has 2 aliphatic heterocycles. The predicted octanol–water partition coefficient (Wildman–Crippen LogP) is 5.07. The Morgan fingerprint density at radius 1 is 1.05 bits per heavy atom. The summed E-state index contributed by atoms with van der Waals surface area (Å²) >= 11 is 0. The van der Waals surface area contributed by atoms with E-state index < -0.39 is 0 Å². The lowest BCUT2D eigenvalue weighted by Crippen LogP contribution is -2.46. The minimum atomic E-state index is -0.117. The normalized spacial score (nSPS) is 18.2. The largest absolute Gasteiger partial charge is 0.489 e. The highest BCUT2D eigenvalue weighted by atomic mass is 16.5. The van der Waals surface area contributed by atoms with E-state index in [-0.39, 0.29) is 12.0 Å². The van der Waals surface area contributed by atoms with Crippen LogP contribution in [0.1, 0.15) is 54.9 Å². The molecule has 0 spiro atoms. The fourth-order valence-corrected chi connectivity index (χ4v) is 4.97. The van der Waals surface area contributed by atoms with Crippen LogP contribution in [-0.4, -0.2) is 53.8 Å². The van der Waals surface area contributed by atoms with E-state index in [0.717, 1.165) is 41.9 Å². The number of hydrogen-bond donors (Lipinski definition) is 1. The summed E-state index contributed by atoms with van der Waals surface area (Å²) in [5.74, 6) is 1.12. The molecule has 3 heterocycles. The molecule has 1 amide bonds. The molecule has 2 aromatic carbocycles. The number of hydrogen-bond acceptors (Lipinski definition) is 6. The van der Waals surface area contributed by atoms with Crippen LogP contribution in [0.3, 0.4) is 0 Å². The summed E-state index contributed by atoms with van der Waals surface area (Å²) in [6.07, 6.45) is 5.47. The standard InChI is InChI=1S/C32H36N4O3/c1-22(2)24-7-5-23(6-8-24)21-39-27-11-9-25(10-12-27)29(30(33)26-13-15-34-16-14-26)31-32(37)36(18-17-35-31)20-28-4-3-19-38-28/h5-16,22,28H,3-4,17-21,33H2,1-2H3. The number of pyridine rings is 1. The molecule has 2 N–H and O–H groups in total. The maximum Gasteiger partial charge on any atom is 0.272 e. The van der Waals surface area contributed by atoms with Gasteiger partial charge in [0.15, 0.2) is 0 Å². The highest BCUT2D eigenvalue weighted by Crippen LogP contribution is 2.29. The predicted molar refractivity (Wildman–Crippen MR) is 154 cm³/mol. The summed E-state index contributed by atoms with van der Waals surface area (Å²) in [4.78, 5) is 24.3. The van der Waals surface area contributed by atoms with Gasteiger partial charge in [0.05, 0.1) is 12.6 Å². The third-order valence-electron chi connectivity index (χ3n) is 7.27. The van der Waals surface area contributed by atoms with Crippen molar-refractivity contribution in [1.82, 2.24) is 9.88 Å². The summed E-state index contributed by atoms with van der Waals surface area (Å²) in [7, 11) is 0. The monoisotopic (exact) mass is 524 g/mol. The van der Waals surface area contributed by atoms with Crippen LogP contribution in [0.2, 0.25) is 0 Å². The molecule has 7 heteroatoms. The van der Waals surface area contributed by atoms with Crippen LogP contribution < -0.4 is 10.5 Å². The van der Waals surface area contributed by atoms with Gasteiger partial charge >= 0.3 is 0 Å². The van der Waals surface area contributed by atoms with Gasteiger partial charge in [0, 0.05) is 48.9 Å². The number of nitrogens with zero attached hydrogens (tertiary/aromatic N) is 3. The topological polar surface area (TPSA) is 90.0 Å². The van der Waals surface area contributed by atoms with Gasteiger partial charge in [-0.1, -0.05) is 50.2 Å². The van der Waals surface area contributed by atoms with Crippen LogP contribution in [0.4, 0.5) is 0 Å². The van der Waals surface area contributed by atoms with Gasteiger partial charge in [-0.05, 0) is 59.7 Å². The number of rotatable bonds is 9. The Kier molecular flexibility index (Phi) is 8.37. The summed E-state index contributed by atoms with van der Waals surface area (Å²) < 4.78 is 11.8. The number of aliphatic imine (C=N–C) groups is 1. The first-order chi connectivity index (χ1) is 19.0. The fourth-order valence-electron chi connectivity index (χ4n) is 4.97. The first kappa shape index (κ1) is 26.6. The van der Waals surface area contributed by atoms with Crippen LogP contribution in [0.25, 0.3) is 11.3 Å². The second-order valence-electron chi connectivity index (χ2n) is 10.4. The Morgan fingerprint density at radius 2 is 1.79 bits per heavy atom. The van der Waals surface area contributed by atoms with Gasteiger partial charge in [-0.3, -0.25) is 14.8 Å². The molecular formula is C32H36N4O3. The van der Waals surface area contributed by atoms with Crippen LogP contribution in [0.15, 0.2) is 78.0 Å². The molecule has 1 aromatic heterocycles. The third kappa shape index (κ3) is 6.37. The molecule has 0 aliphatic carbocycles. The van der Waals surface area contributed by atoms with Gasteiger partial charge in [-0.25, -0.2) is 0 Å². The third-order valence-corrected chi connectivity index (χ3v) is 7.27. The van der Waals surface area contributed by atoms with E-state index in [1.54, 1.807) is 12.4 Å². The second kappa shape index (κ2) is 12.3. The smallest absolute Gasteiger partial charge is 0.272 e. The van der Waals surface area contributed by atoms with E-state index in [9.17, 15) is 4.79 Å². The molecule has 0 bridgehead atoms. The van der Waals surface area contributed by atoms with E-state index >= 15 is 0 Å². The molecule has 1 atom stereocenters. The van der Waals surface area contributed by atoms with Crippen LogP contribution in [-0.2, 0) is 16.1 Å². The van der Waals surface area contributed by atoms with Crippen molar-refractivity contribution in [2.75, 3.05) is 26.2 Å². The van der Waals surface area contributed by atoms with E-state index in [1.165, 1.54) is 5.56 Å². The quantitative estimate of drug-likeness (QED) is 0.422. The first-order valence-electron chi connectivity index (χ1n) is 13.7. The van der Waals surface area contributed by atoms with Crippen molar-refractivity contribution in [3.05, 3.63) is 95.3 Å². The summed E-state index contributed by atoms with van der Waals surface area (Å²) in [5, 5.41) is 0. The number of nitrogens with two attached hydrogens (primary N) is 1. The molecule has 7 nitrogen and oxygen atoms in total. The van der Waals surface area contributed by atoms with Crippen LogP contribution >= 0.6 is 0 Å². The SMILES string of the molecule is CC(C)c1ccc(COc2ccc(C(C3=NCCN(CC4CCCO4)C3=O)=C(N)c3ccncc3)cc2)cc1. The Labute approximate surface area is 230 Å². The van der Waals surface area contributed by atoms with Crippen molar-refractivity contribution in [3.63, 3.8) is 0 Å². The van der Waals surface area contributed by atoms with E-state index in [0.29, 0.717) is 49.1 Å². The molecule has 1 saturated heterocycles. The Bertz CT molecular complexity index is 1330. The number of benzene rings is 2. The van der Waals surface area contributed by atoms with Gasteiger partial charge in [0.1, 0.15) is 18.1 Å². The van der Waals surface area contributed by atoms with Gasteiger partial charge in [0.2, 0.25) is 0 Å². The lowest BCUT2D eigenvalue weighted by Gasteiger charge is -2.30. The second-order valence-corrected chi connectivity index (χ2v) is 10.4. The van der Waals surface area contributed by atoms with Crippen molar-refractivity contribution in [1.29, 1.82) is 0 Å².